The number of piperazine rings is 1. The van der Waals surface area contributed by atoms with Gasteiger partial charge in [0.2, 0.25) is 0 Å². The molecule has 0 aromatic rings. The lowest BCUT2D eigenvalue weighted by Crippen LogP contribution is -2.55. The Morgan fingerprint density at radius 1 is 1.00 bits per heavy atom. The zero-order chi connectivity index (χ0) is 13.9. The number of nitrogens with zero attached hydrogens (tertiary/aromatic N) is 2. The highest BCUT2D eigenvalue weighted by molar-refractivity contribution is 4.86. The predicted octanol–water partition coefficient (Wildman–Crippen LogP) is 2.18. The normalized spacial score (nSPS) is 31.6. The molecule has 0 radical (unpaired) electrons. The van der Waals surface area contributed by atoms with Crippen molar-refractivity contribution in [2.24, 2.45) is 5.92 Å². The van der Waals surface area contributed by atoms with Gasteiger partial charge in [-0.3, -0.25) is 4.90 Å². The van der Waals surface area contributed by atoms with E-state index in [1.54, 1.807) is 0 Å². The van der Waals surface area contributed by atoms with E-state index in [2.05, 4.69) is 42.9 Å². The van der Waals surface area contributed by atoms with E-state index in [0.717, 1.165) is 12.0 Å². The van der Waals surface area contributed by atoms with Crippen LogP contribution < -0.4 is 5.32 Å². The lowest BCUT2D eigenvalue weighted by molar-refractivity contribution is 0.0486. The molecule has 1 saturated carbocycles. The largest absolute Gasteiger partial charge is 0.317 e. The fourth-order valence-corrected chi connectivity index (χ4v) is 3.74. The van der Waals surface area contributed by atoms with Crippen LogP contribution in [-0.2, 0) is 0 Å². The topological polar surface area (TPSA) is 18.5 Å². The standard InChI is InChI=1S/C16H33N3/c1-16(2,3)19-11-9-18(10-12-19)13-14-7-5-6-8-15(14)17-4/h14-15,17H,5-13H2,1-4H3. The number of hydrogen-bond acceptors (Lipinski definition) is 3. The van der Waals surface area contributed by atoms with Crippen LogP contribution in [0.1, 0.15) is 46.5 Å². The number of hydrogen-bond donors (Lipinski definition) is 1. The zero-order valence-electron chi connectivity index (χ0n) is 13.4. The molecule has 0 spiro atoms. The molecular formula is C16H33N3. The Bertz CT molecular complexity index is 264. The fraction of sp³-hybridized carbons (Fsp3) is 1.00. The summed E-state index contributed by atoms with van der Waals surface area (Å²) in [5.74, 6) is 0.875. The average Bonchev–Trinajstić information content (AvgIpc) is 2.39. The Kier molecular flexibility index (Phi) is 5.27. The van der Waals surface area contributed by atoms with Gasteiger partial charge in [-0.1, -0.05) is 12.8 Å². The number of nitrogens with one attached hydrogen (secondary N) is 1. The van der Waals surface area contributed by atoms with Crippen molar-refractivity contribution in [3.8, 4) is 0 Å². The van der Waals surface area contributed by atoms with Gasteiger partial charge in [0.15, 0.2) is 0 Å². The molecule has 1 aliphatic heterocycles. The molecule has 19 heavy (non-hydrogen) atoms. The van der Waals surface area contributed by atoms with Gasteiger partial charge in [-0.2, -0.15) is 0 Å². The van der Waals surface area contributed by atoms with E-state index in [0.29, 0.717) is 5.54 Å². The Morgan fingerprint density at radius 2 is 1.63 bits per heavy atom. The van der Waals surface area contributed by atoms with Gasteiger partial charge in [-0.15, -0.1) is 0 Å². The summed E-state index contributed by atoms with van der Waals surface area (Å²) in [4.78, 5) is 5.32. The van der Waals surface area contributed by atoms with Crippen LogP contribution in [-0.4, -0.2) is 61.2 Å². The van der Waals surface area contributed by atoms with E-state index in [-0.39, 0.29) is 0 Å². The minimum absolute atomic E-state index is 0.338. The van der Waals surface area contributed by atoms with Crippen LogP contribution in [0.2, 0.25) is 0 Å². The monoisotopic (exact) mass is 267 g/mol. The third-order valence-corrected chi connectivity index (χ3v) is 5.09. The van der Waals surface area contributed by atoms with Gasteiger partial charge in [0.1, 0.15) is 0 Å². The van der Waals surface area contributed by atoms with E-state index >= 15 is 0 Å². The van der Waals surface area contributed by atoms with Crippen LogP contribution in [0.3, 0.4) is 0 Å². The smallest absolute Gasteiger partial charge is 0.0126 e. The van der Waals surface area contributed by atoms with Gasteiger partial charge >= 0.3 is 0 Å². The van der Waals surface area contributed by atoms with E-state index < -0.39 is 0 Å². The highest BCUT2D eigenvalue weighted by Gasteiger charge is 2.29. The minimum Gasteiger partial charge on any atom is -0.317 e. The van der Waals surface area contributed by atoms with Crippen LogP contribution in [0.25, 0.3) is 0 Å². The Balaban J connectivity index is 1.78. The minimum atomic E-state index is 0.338. The molecule has 2 unspecified atom stereocenters. The van der Waals surface area contributed by atoms with Crippen LogP contribution >= 0.6 is 0 Å². The van der Waals surface area contributed by atoms with Crippen molar-refractivity contribution in [2.75, 3.05) is 39.8 Å². The maximum Gasteiger partial charge on any atom is 0.0126 e. The maximum atomic E-state index is 3.54. The molecule has 0 aromatic carbocycles. The lowest BCUT2D eigenvalue weighted by atomic mass is 9.84. The predicted molar refractivity (Wildman–Crippen MR) is 82.6 cm³/mol. The third kappa shape index (κ3) is 4.17. The first-order valence-electron chi connectivity index (χ1n) is 8.15. The van der Waals surface area contributed by atoms with Crippen molar-refractivity contribution >= 4 is 0 Å². The van der Waals surface area contributed by atoms with Gasteiger partial charge in [0, 0.05) is 44.3 Å². The summed E-state index contributed by atoms with van der Waals surface area (Å²) < 4.78 is 0. The van der Waals surface area contributed by atoms with Gasteiger partial charge in [0.05, 0.1) is 0 Å². The molecule has 2 fully saturated rings. The van der Waals surface area contributed by atoms with E-state index in [9.17, 15) is 0 Å². The van der Waals surface area contributed by atoms with Gasteiger partial charge in [-0.25, -0.2) is 0 Å². The molecule has 3 nitrogen and oxygen atoms in total. The number of rotatable bonds is 3. The van der Waals surface area contributed by atoms with Crippen molar-refractivity contribution in [1.29, 1.82) is 0 Å². The first-order valence-corrected chi connectivity index (χ1v) is 8.15. The van der Waals surface area contributed by atoms with Gasteiger partial charge in [-0.05, 0) is 46.6 Å². The quantitative estimate of drug-likeness (QED) is 0.845. The van der Waals surface area contributed by atoms with Crippen molar-refractivity contribution in [1.82, 2.24) is 15.1 Å². The summed E-state index contributed by atoms with van der Waals surface area (Å²) >= 11 is 0. The van der Waals surface area contributed by atoms with Crippen molar-refractivity contribution in [2.45, 2.75) is 58.0 Å². The van der Waals surface area contributed by atoms with E-state index in [1.807, 2.05) is 0 Å². The zero-order valence-corrected chi connectivity index (χ0v) is 13.4. The second-order valence-corrected chi connectivity index (χ2v) is 7.40. The summed E-state index contributed by atoms with van der Waals surface area (Å²) in [6, 6.07) is 0.759. The van der Waals surface area contributed by atoms with Gasteiger partial charge in [0.25, 0.3) is 0 Å². The summed E-state index contributed by atoms with van der Waals surface area (Å²) in [6.45, 7) is 13.3. The fourth-order valence-electron chi connectivity index (χ4n) is 3.74. The molecule has 1 N–H and O–H groups in total. The van der Waals surface area contributed by atoms with Crippen LogP contribution in [0.5, 0.6) is 0 Å². The van der Waals surface area contributed by atoms with Crippen LogP contribution in [0, 0.1) is 5.92 Å². The summed E-state index contributed by atoms with van der Waals surface area (Å²) in [5, 5.41) is 3.54. The van der Waals surface area contributed by atoms with Crippen molar-refractivity contribution < 1.29 is 0 Å². The molecular weight excluding hydrogens is 234 g/mol. The summed E-state index contributed by atoms with van der Waals surface area (Å²) in [6.07, 6.45) is 5.65. The Labute approximate surface area is 119 Å². The first kappa shape index (κ1) is 15.3. The molecule has 2 rings (SSSR count). The van der Waals surface area contributed by atoms with Crippen molar-refractivity contribution in [3.05, 3.63) is 0 Å². The Hall–Kier alpha value is -0.120. The SMILES string of the molecule is CNC1CCCCC1CN1CCN(C(C)(C)C)CC1. The third-order valence-electron chi connectivity index (χ3n) is 5.09. The molecule has 1 aliphatic carbocycles. The van der Waals surface area contributed by atoms with E-state index in [4.69, 9.17) is 0 Å². The molecule has 0 bridgehead atoms. The molecule has 2 atom stereocenters. The first-order chi connectivity index (χ1) is 9.00. The summed E-state index contributed by atoms with van der Waals surface area (Å²) in [7, 11) is 2.14. The highest BCUT2D eigenvalue weighted by atomic mass is 15.3. The second kappa shape index (κ2) is 6.55. The molecule has 3 heteroatoms. The molecule has 1 heterocycles. The lowest BCUT2D eigenvalue weighted by Gasteiger charge is -2.44. The maximum absolute atomic E-state index is 3.54. The molecule has 112 valence electrons. The highest BCUT2D eigenvalue weighted by Crippen LogP contribution is 2.26. The molecule has 0 aromatic heterocycles. The molecule has 2 aliphatic rings. The van der Waals surface area contributed by atoms with Gasteiger partial charge < -0.3 is 10.2 Å². The Morgan fingerprint density at radius 3 is 2.21 bits per heavy atom. The molecule has 1 saturated heterocycles. The van der Waals surface area contributed by atoms with E-state index in [1.165, 1.54) is 58.4 Å². The van der Waals surface area contributed by atoms with Crippen LogP contribution in [0.4, 0.5) is 0 Å². The molecule has 0 amide bonds. The van der Waals surface area contributed by atoms with Crippen LogP contribution in [0.15, 0.2) is 0 Å². The summed E-state index contributed by atoms with van der Waals surface area (Å²) in [5.41, 5.74) is 0.338. The second-order valence-electron chi connectivity index (χ2n) is 7.40. The average molecular weight is 267 g/mol. The van der Waals surface area contributed by atoms with Crippen molar-refractivity contribution in [3.63, 3.8) is 0 Å².